The normalized spacial score (nSPS) is 10.3. The summed E-state index contributed by atoms with van der Waals surface area (Å²) in [6.45, 7) is 4.73. The first kappa shape index (κ1) is 21.1. The summed E-state index contributed by atoms with van der Waals surface area (Å²) in [6, 6.07) is 21.5. The lowest BCUT2D eigenvalue weighted by Gasteiger charge is -2.09. The summed E-state index contributed by atoms with van der Waals surface area (Å²) in [7, 11) is 0. The van der Waals surface area contributed by atoms with Crippen molar-refractivity contribution in [1.82, 2.24) is 0 Å². The van der Waals surface area contributed by atoms with Crippen LogP contribution in [-0.4, -0.2) is 18.4 Å². The molecule has 5 nitrogen and oxygen atoms in total. The molecule has 0 aliphatic heterocycles. The van der Waals surface area contributed by atoms with Gasteiger partial charge in [-0.3, -0.25) is 9.59 Å². The van der Waals surface area contributed by atoms with Gasteiger partial charge in [0.15, 0.2) is 0 Å². The third-order valence-electron chi connectivity index (χ3n) is 4.56. The molecular formula is C25H26N2O3. The molecule has 0 aliphatic rings. The van der Waals surface area contributed by atoms with Crippen molar-refractivity contribution in [3.8, 4) is 5.75 Å². The Balaban J connectivity index is 1.56. The van der Waals surface area contributed by atoms with Gasteiger partial charge in [0.1, 0.15) is 5.75 Å². The number of hydrogen-bond acceptors (Lipinski definition) is 3. The van der Waals surface area contributed by atoms with E-state index in [1.165, 1.54) is 0 Å². The average Bonchev–Trinajstić information content (AvgIpc) is 2.76. The highest BCUT2D eigenvalue weighted by Gasteiger charge is 2.08. The van der Waals surface area contributed by atoms with E-state index >= 15 is 0 Å². The van der Waals surface area contributed by atoms with Crippen molar-refractivity contribution in [3.63, 3.8) is 0 Å². The van der Waals surface area contributed by atoms with E-state index < -0.39 is 0 Å². The van der Waals surface area contributed by atoms with Gasteiger partial charge < -0.3 is 15.4 Å². The zero-order chi connectivity index (χ0) is 21.3. The number of nitrogens with one attached hydrogen (secondary N) is 2. The summed E-state index contributed by atoms with van der Waals surface area (Å²) in [4.78, 5) is 24.8. The van der Waals surface area contributed by atoms with Crippen molar-refractivity contribution in [2.24, 2.45) is 0 Å². The molecule has 3 aromatic rings. The minimum absolute atomic E-state index is 0.170. The largest absolute Gasteiger partial charge is 0.494 e. The molecular weight excluding hydrogens is 376 g/mol. The highest BCUT2D eigenvalue weighted by atomic mass is 16.5. The molecule has 0 spiro atoms. The topological polar surface area (TPSA) is 67.4 Å². The summed E-state index contributed by atoms with van der Waals surface area (Å²) in [5, 5.41) is 5.72. The maximum Gasteiger partial charge on any atom is 0.255 e. The summed E-state index contributed by atoms with van der Waals surface area (Å²) < 4.78 is 5.62. The number of carbonyl (C=O) groups excluding carboxylic acids is 2. The SMILES string of the molecule is CCCCOc1ccc(C(=O)Nc2ccc(NC(=O)c3cccc(C)c3)cc2)cc1. The van der Waals surface area contributed by atoms with Crippen LogP contribution in [0.25, 0.3) is 0 Å². The number of aryl methyl sites for hydroxylation is 1. The predicted octanol–water partition coefficient (Wildman–Crippen LogP) is 5.68. The molecule has 3 rings (SSSR count). The molecule has 0 bridgehead atoms. The molecule has 0 saturated heterocycles. The summed E-state index contributed by atoms with van der Waals surface area (Å²) in [5.41, 5.74) is 3.50. The molecule has 0 radical (unpaired) electrons. The van der Waals surface area contributed by atoms with Crippen molar-refractivity contribution >= 4 is 23.2 Å². The van der Waals surface area contributed by atoms with Crippen molar-refractivity contribution < 1.29 is 14.3 Å². The first-order chi connectivity index (χ1) is 14.5. The maximum atomic E-state index is 12.4. The van der Waals surface area contributed by atoms with Gasteiger partial charge >= 0.3 is 0 Å². The smallest absolute Gasteiger partial charge is 0.255 e. The Morgan fingerprint density at radius 2 is 1.40 bits per heavy atom. The summed E-state index contributed by atoms with van der Waals surface area (Å²) >= 11 is 0. The molecule has 0 unspecified atom stereocenters. The fraction of sp³-hybridized carbons (Fsp3) is 0.200. The third kappa shape index (κ3) is 5.95. The molecule has 0 atom stereocenters. The first-order valence-electron chi connectivity index (χ1n) is 10.1. The molecule has 0 saturated carbocycles. The fourth-order valence-electron chi connectivity index (χ4n) is 2.87. The third-order valence-corrected chi connectivity index (χ3v) is 4.56. The van der Waals surface area contributed by atoms with Crippen LogP contribution in [0.15, 0.2) is 72.8 Å². The number of carbonyl (C=O) groups is 2. The Bertz CT molecular complexity index is 996. The minimum Gasteiger partial charge on any atom is -0.494 e. The Kier molecular flexibility index (Phi) is 7.22. The van der Waals surface area contributed by atoms with Gasteiger partial charge in [-0.25, -0.2) is 0 Å². The van der Waals surface area contributed by atoms with E-state index in [-0.39, 0.29) is 11.8 Å². The molecule has 30 heavy (non-hydrogen) atoms. The van der Waals surface area contributed by atoms with Crippen LogP contribution in [0.3, 0.4) is 0 Å². The van der Waals surface area contributed by atoms with Crippen LogP contribution in [0.5, 0.6) is 5.75 Å². The molecule has 0 aliphatic carbocycles. The minimum atomic E-state index is -0.202. The Hall–Kier alpha value is -3.60. The van der Waals surface area contributed by atoms with Crippen LogP contribution in [0.2, 0.25) is 0 Å². The molecule has 0 fully saturated rings. The molecule has 2 amide bonds. The van der Waals surface area contributed by atoms with E-state index in [0.717, 1.165) is 24.2 Å². The van der Waals surface area contributed by atoms with Gasteiger partial charge in [-0.1, -0.05) is 31.0 Å². The van der Waals surface area contributed by atoms with Gasteiger partial charge in [-0.15, -0.1) is 0 Å². The molecule has 0 heterocycles. The number of amides is 2. The van der Waals surface area contributed by atoms with E-state index in [1.807, 2.05) is 25.1 Å². The quantitative estimate of drug-likeness (QED) is 0.477. The zero-order valence-corrected chi connectivity index (χ0v) is 17.3. The second-order valence-corrected chi connectivity index (χ2v) is 7.08. The van der Waals surface area contributed by atoms with E-state index in [1.54, 1.807) is 54.6 Å². The van der Waals surface area contributed by atoms with Crippen LogP contribution in [-0.2, 0) is 0 Å². The van der Waals surface area contributed by atoms with Crippen LogP contribution in [0, 0.1) is 6.92 Å². The average molecular weight is 402 g/mol. The second-order valence-electron chi connectivity index (χ2n) is 7.08. The van der Waals surface area contributed by atoms with Crippen molar-refractivity contribution in [2.45, 2.75) is 26.7 Å². The Labute approximate surface area is 177 Å². The van der Waals surface area contributed by atoms with Crippen LogP contribution < -0.4 is 15.4 Å². The summed E-state index contributed by atoms with van der Waals surface area (Å²) in [5.74, 6) is 0.386. The lowest BCUT2D eigenvalue weighted by Crippen LogP contribution is -2.13. The van der Waals surface area contributed by atoms with Gasteiger partial charge in [-0.2, -0.15) is 0 Å². The number of unbranched alkanes of at least 4 members (excludes halogenated alkanes) is 1. The van der Waals surface area contributed by atoms with Gasteiger partial charge in [0.2, 0.25) is 0 Å². The number of benzene rings is 3. The van der Waals surface area contributed by atoms with Crippen LogP contribution in [0.4, 0.5) is 11.4 Å². The van der Waals surface area contributed by atoms with Crippen molar-refractivity contribution in [1.29, 1.82) is 0 Å². The molecule has 154 valence electrons. The predicted molar refractivity (Wildman–Crippen MR) is 120 cm³/mol. The van der Waals surface area contributed by atoms with E-state index in [2.05, 4.69) is 17.6 Å². The molecule has 5 heteroatoms. The lowest BCUT2D eigenvalue weighted by atomic mass is 10.1. The van der Waals surface area contributed by atoms with Crippen molar-refractivity contribution in [2.75, 3.05) is 17.2 Å². The van der Waals surface area contributed by atoms with E-state index in [9.17, 15) is 9.59 Å². The highest BCUT2D eigenvalue weighted by Crippen LogP contribution is 2.17. The fourth-order valence-corrected chi connectivity index (χ4v) is 2.87. The molecule has 0 aromatic heterocycles. The van der Waals surface area contributed by atoms with E-state index in [0.29, 0.717) is 29.1 Å². The Morgan fingerprint density at radius 3 is 1.97 bits per heavy atom. The van der Waals surface area contributed by atoms with Gasteiger partial charge in [0, 0.05) is 22.5 Å². The maximum absolute atomic E-state index is 12.4. The van der Waals surface area contributed by atoms with Crippen LogP contribution in [0.1, 0.15) is 46.0 Å². The molecule has 3 aromatic carbocycles. The Morgan fingerprint density at radius 1 is 0.800 bits per heavy atom. The van der Waals surface area contributed by atoms with Gasteiger partial charge in [0.25, 0.3) is 11.8 Å². The number of rotatable bonds is 8. The van der Waals surface area contributed by atoms with Gasteiger partial charge in [0.05, 0.1) is 6.61 Å². The summed E-state index contributed by atoms with van der Waals surface area (Å²) in [6.07, 6.45) is 2.08. The number of anilines is 2. The van der Waals surface area contributed by atoms with E-state index in [4.69, 9.17) is 4.74 Å². The van der Waals surface area contributed by atoms with Gasteiger partial charge in [-0.05, 0) is 74.0 Å². The van der Waals surface area contributed by atoms with Crippen LogP contribution >= 0.6 is 0 Å². The van der Waals surface area contributed by atoms with Crippen molar-refractivity contribution in [3.05, 3.63) is 89.5 Å². The number of hydrogen-bond donors (Lipinski definition) is 2. The zero-order valence-electron chi connectivity index (χ0n) is 17.3. The first-order valence-corrected chi connectivity index (χ1v) is 10.1. The number of ether oxygens (including phenoxy) is 1. The lowest BCUT2D eigenvalue weighted by molar-refractivity contribution is 0.101. The monoisotopic (exact) mass is 402 g/mol. The standard InChI is InChI=1S/C25H26N2O3/c1-3-4-16-30-23-14-8-19(9-15-23)24(28)26-21-10-12-22(13-11-21)27-25(29)20-7-5-6-18(2)17-20/h5-15,17H,3-4,16H2,1-2H3,(H,26,28)(H,27,29). The molecule has 2 N–H and O–H groups in total. The second kappa shape index (κ2) is 10.3. The highest BCUT2D eigenvalue weighted by molar-refractivity contribution is 6.05.